The lowest BCUT2D eigenvalue weighted by molar-refractivity contribution is -0.123. The first-order valence-electron chi connectivity index (χ1n) is 10.7. The number of nitrogens with zero attached hydrogens (tertiary/aromatic N) is 4. The van der Waals surface area contributed by atoms with Crippen LogP contribution >= 0.6 is 0 Å². The van der Waals surface area contributed by atoms with Gasteiger partial charge in [-0.15, -0.1) is 0 Å². The number of aryl methyl sites for hydroxylation is 1. The minimum atomic E-state index is -0.524. The fraction of sp³-hybridized carbons (Fsp3) is 0.250. The standard InChI is InChI=1S/C24H23N5O3/c30-23(26-11-5-12-29-20-8-2-1-6-17(20)14-27-29)19-16-28(24(31)21-9-4-13-32-21)15-18-7-3-10-25-22(18)19/h1-4,6-10,13-14,19H,5,11-12,15-16H2,(H,26,30). The SMILES string of the molecule is O=C(NCCCn1ncc2ccccc21)C1CN(C(=O)c2ccco2)Cc2cccnc21. The summed E-state index contributed by atoms with van der Waals surface area (Å²) in [6.45, 7) is 1.88. The molecule has 4 heterocycles. The normalized spacial score (nSPS) is 15.5. The molecule has 8 nitrogen and oxygen atoms in total. The molecule has 162 valence electrons. The van der Waals surface area contributed by atoms with Crippen molar-refractivity contribution in [3.63, 3.8) is 0 Å². The molecule has 1 aliphatic heterocycles. The third-order valence-corrected chi connectivity index (χ3v) is 5.75. The molecule has 2 amide bonds. The predicted molar refractivity (Wildman–Crippen MR) is 118 cm³/mol. The summed E-state index contributed by atoms with van der Waals surface area (Å²) in [6.07, 6.45) is 5.75. The van der Waals surface area contributed by atoms with Gasteiger partial charge in [-0.25, -0.2) is 0 Å². The number of rotatable bonds is 6. The van der Waals surface area contributed by atoms with Crippen LogP contribution in [0.2, 0.25) is 0 Å². The second kappa shape index (κ2) is 8.66. The highest BCUT2D eigenvalue weighted by Gasteiger charge is 2.34. The number of hydrogen-bond acceptors (Lipinski definition) is 5. The van der Waals surface area contributed by atoms with Crippen molar-refractivity contribution in [3.8, 4) is 0 Å². The lowest BCUT2D eigenvalue weighted by atomic mass is 9.93. The van der Waals surface area contributed by atoms with Gasteiger partial charge in [0.25, 0.3) is 5.91 Å². The number of pyridine rings is 1. The zero-order valence-corrected chi connectivity index (χ0v) is 17.5. The number of benzene rings is 1. The molecule has 1 aromatic carbocycles. The van der Waals surface area contributed by atoms with Gasteiger partial charge < -0.3 is 14.6 Å². The molecule has 1 aliphatic rings. The van der Waals surface area contributed by atoms with E-state index in [1.807, 2.05) is 47.3 Å². The summed E-state index contributed by atoms with van der Waals surface area (Å²) >= 11 is 0. The maximum atomic E-state index is 13.1. The Morgan fingerprint density at radius 1 is 1.12 bits per heavy atom. The van der Waals surface area contributed by atoms with E-state index < -0.39 is 5.92 Å². The van der Waals surface area contributed by atoms with Gasteiger partial charge >= 0.3 is 0 Å². The highest BCUT2D eigenvalue weighted by atomic mass is 16.3. The number of fused-ring (bicyclic) bond motifs is 2. The molecule has 5 rings (SSSR count). The quantitative estimate of drug-likeness (QED) is 0.476. The monoisotopic (exact) mass is 429 g/mol. The topological polar surface area (TPSA) is 93.3 Å². The molecule has 1 N–H and O–H groups in total. The summed E-state index contributed by atoms with van der Waals surface area (Å²) in [6, 6.07) is 15.1. The smallest absolute Gasteiger partial charge is 0.289 e. The van der Waals surface area contributed by atoms with Crippen LogP contribution in [0.5, 0.6) is 0 Å². The molecular formula is C24H23N5O3. The number of hydrogen-bond donors (Lipinski definition) is 1. The van der Waals surface area contributed by atoms with Crippen LogP contribution in [0.1, 0.15) is 34.2 Å². The van der Waals surface area contributed by atoms with Crippen molar-refractivity contribution >= 4 is 22.7 Å². The van der Waals surface area contributed by atoms with Crippen molar-refractivity contribution < 1.29 is 14.0 Å². The van der Waals surface area contributed by atoms with Crippen LogP contribution in [0.3, 0.4) is 0 Å². The van der Waals surface area contributed by atoms with E-state index in [-0.39, 0.29) is 24.1 Å². The van der Waals surface area contributed by atoms with Gasteiger partial charge in [0, 0.05) is 37.8 Å². The summed E-state index contributed by atoms with van der Waals surface area (Å²) in [5.41, 5.74) is 2.68. The van der Waals surface area contributed by atoms with Crippen molar-refractivity contribution in [1.29, 1.82) is 0 Å². The summed E-state index contributed by atoms with van der Waals surface area (Å²) in [4.78, 5) is 31.9. The molecule has 0 aliphatic carbocycles. The van der Waals surface area contributed by atoms with E-state index in [4.69, 9.17) is 4.42 Å². The highest BCUT2D eigenvalue weighted by Crippen LogP contribution is 2.28. The largest absolute Gasteiger partial charge is 0.459 e. The van der Waals surface area contributed by atoms with Crippen LogP contribution in [0.4, 0.5) is 0 Å². The first kappa shape index (κ1) is 20.0. The zero-order chi connectivity index (χ0) is 21.9. The Bertz CT molecular complexity index is 1250. The molecule has 0 fully saturated rings. The summed E-state index contributed by atoms with van der Waals surface area (Å²) in [5, 5.41) is 8.54. The molecule has 32 heavy (non-hydrogen) atoms. The number of aromatic nitrogens is 3. The zero-order valence-electron chi connectivity index (χ0n) is 17.5. The second-order valence-electron chi connectivity index (χ2n) is 7.83. The summed E-state index contributed by atoms with van der Waals surface area (Å²) in [7, 11) is 0. The van der Waals surface area contributed by atoms with E-state index in [1.54, 1.807) is 23.2 Å². The molecule has 4 aromatic rings. The van der Waals surface area contributed by atoms with Crippen LogP contribution in [0, 0.1) is 0 Å². The number of furan rings is 1. The van der Waals surface area contributed by atoms with Crippen molar-refractivity contribution in [1.82, 2.24) is 25.0 Å². The van der Waals surface area contributed by atoms with E-state index >= 15 is 0 Å². The lowest BCUT2D eigenvalue weighted by Gasteiger charge is -2.32. The van der Waals surface area contributed by atoms with Gasteiger partial charge in [0.1, 0.15) is 0 Å². The van der Waals surface area contributed by atoms with Crippen LogP contribution < -0.4 is 5.32 Å². The van der Waals surface area contributed by atoms with Gasteiger partial charge in [0.05, 0.1) is 29.6 Å². The van der Waals surface area contributed by atoms with E-state index in [9.17, 15) is 9.59 Å². The molecular weight excluding hydrogens is 406 g/mol. The molecule has 0 bridgehead atoms. The van der Waals surface area contributed by atoms with Crippen molar-refractivity contribution in [2.75, 3.05) is 13.1 Å². The molecule has 1 atom stereocenters. The molecule has 8 heteroatoms. The fourth-order valence-electron chi connectivity index (χ4n) is 4.16. The van der Waals surface area contributed by atoms with Crippen LogP contribution in [-0.2, 0) is 17.9 Å². The number of amides is 2. The van der Waals surface area contributed by atoms with Crippen LogP contribution in [0.25, 0.3) is 10.9 Å². The van der Waals surface area contributed by atoms with Gasteiger partial charge in [0.2, 0.25) is 5.91 Å². The minimum Gasteiger partial charge on any atom is -0.459 e. The van der Waals surface area contributed by atoms with Crippen molar-refractivity contribution in [2.24, 2.45) is 0 Å². The maximum Gasteiger partial charge on any atom is 0.289 e. The minimum absolute atomic E-state index is 0.132. The average Bonchev–Trinajstić information content (AvgIpc) is 3.51. The van der Waals surface area contributed by atoms with Crippen LogP contribution in [0.15, 0.2) is 71.6 Å². The Morgan fingerprint density at radius 2 is 2.03 bits per heavy atom. The van der Waals surface area contributed by atoms with E-state index in [0.717, 1.165) is 28.6 Å². The molecule has 0 spiro atoms. The van der Waals surface area contributed by atoms with E-state index in [2.05, 4.69) is 15.4 Å². The third-order valence-electron chi connectivity index (χ3n) is 5.75. The first-order valence-corrected chi connectivity index (χ1v) is 10.7. The van der Waals surface area contributed by atoms with E-state index in [0.29, 0.717) is 19.6 Å². The van der Waals surface area contributed by atoms with Crippen molar-refractivity contribution in [3.05, 3.63) is 84.2 Å². The molecule has 0 saturated heterocycles. The summed E-state index contributed by atoms with van der Waals surface area (Å²) in [5.74, 6) is -0.618. The second-order valence-corrected chi connectivity index (χ2v) is 7.83. The van der Waals surface area contributed by atoms with Gasteiger partial charge in [-0.2, -0.15) is 5.10 Å². The molecule has 3 aromatic heterocycles. The van der Waals surface area contributed by atoms with Gasteiger partial charge in [0.15, 0.2) is 5.76 Å². The highest BCUT2D eigenvalue weighted by molar-refractivity contribution is 5.93. The Kier molecular flexibility index (Phi) is 5.41. The molecule has 0 saturated carbocycles. The first-order chi connectivity index (χ1) is 15.7. The number of para-hydroxylation sites is 1. The van der Waals surface area contributed by atoms with Gasteiger partial charge in [-0.1, -0.05) is 24.3 Å². The number of carbonyl (C=O) groups excluding carboxylic acids is 2. The van der Waals surface area contributed by atoms with Gasteiger partial charge in [-0.05, 0) is 36.2 Å². The maximum absolute atomic E-state index is 13.1. The number of nitrogens with one attached hydrogen (secondary N) is 1. The Morgan fingerprint density at radius 3 is 2.91 bits per heavy atom. The third kappa shape index (κ3) is 3.87. The Balaban J connectivity index is 1.24. The van der Waals surface area contributed by atoms with Crippen LogP contribution in [-0.4, -0.2) is 44.6 Å². The fourth-order valence-corrected chi connectivity index (χ4v) is 4.16. The Hall–Kier alpha value is -3.94. The molecule has 0 radical (unpaired) electrons. The van der Waals surface area contributed by atoms with Crippen molar-refractivity contribution in [2.45, 2.75) is 25.4 Å². The number of carbonyl (C=O) groups is 2. The van der Waals surface area contributed by atoms with E-state index in [1.165, 1.54) is 6.26 Å². The molecule has 1 unspecified atom stereocenters. The van der Waals surface area contributed by atoms with Gasteiger partial charge in [-0.3, -0.25) is 19.3 Å². The Labute approximate surface area is 184 Å². The predicted octanol–water partition coefficient (Wildman–Crippen LogP) is 2.97. The summed E-state index contributed by atoms with van der Waals surface area (Å²) < 4.78 is 7.21. The lowest BCUT2D eigenvalue weighted by Crippen LogP contribution is -2.44. The average molecular weight is 429 g/mol.